The molecule has 9 heteroatoms. The molecule has 0 fully saturated rings. The van der Waals surface area contributed by atoms with E-state index in [0.29, 0.717) is 11.4 Å². The molecule has 0 radical (unpaired) electrons. The fraction of sp³-hybridized carbons (Fsp3) is 0.263. The maximum absolute atomic E-state index is 13.0. The number of rotatable bonds is 5. The van der Waals surface area contributed by atoms with Crippen LogP contribution in [0.1, 0.15) is 6.42 Å². The first-order chi connectivity index (χ1) is 13.3. The molecule has 2 aromatic rings. The number of hydrogen-bond donors (Lipinski definition) is 1. The third-order valence-corrected chi connectivity index (χ3v) is 6.10. The van der Waals surface area contributed by atoms with Gasteiger partial charge in [0.25, 0.3) is 5.91 Å². The number of carbonyl (C=O) groups is 2. The summed E-state index contributed by atoms with van der Waals surface area (Å²) in [6.45, 7) is -0.0217. The third kappa shape index (κ3) is 4.14. The average molecular weight is 406 g/mol. The Labute approximate surface area is 162 Å². The molecular weight excluding hydrogens is 387 g/mol. The van der Waals surface area contributed by atoms with Gasteiger partial charge >= 0.3 is 0 Å². The molecule has 1 aliphatic rings. The minimum atomic E-state index is -3.75. The lowest BCUT2D eigenvalue weighted by atomic mass is 10.1. The molecular formula is C19H19FN2O5S. The number of benzene rings is 2. The quantitative estimate of drug-likeness (QED) is 0.761. The van der Waals surface area contributed by atoms with Crippen molar-refractivity contribution in [2.45, 2.75) is 17.4 Å². The first-order valence-electron chi connectivity index (χ1n) is 8.58. The smallest absolute Gasteiger partial charge is 0.262 e. The van der Waals surface area contributed by atoms with E-state index in [1.54, 1.807) is 24.3 Å². The predicted octanol–water partition coefficient (Wildman–Crippen LogP) is 1.53. The van der Waals surface area contributed by atoms with Gasteiger partial charge < -0.3 is 15.0 Å². The number of anilines is 1. The molecule has 1 atom stereocenters. The maximum Gasteiger partial charge on any atom is 0.262 e. The van der Waals surface area contributed by atoms with Crippen molar-refractivity contribution < 1.29 is 27.1 Å². The summed E-state index contributed by atoms with van der Waals surface area (Å²) in [5.74, 6) is -1.43. The van der Waals surface area contributed by atoms with Crippen LogP contribution in [-0.2, 0) is 19.4 Å². The Kier molecular flexibility index (Phi) is 5.64. The molecule has 3 rings (SSSR count). The van der Waals surface area contributed by atoms with Crippen molar-refractivity contribution in [2.24, 2.45) is 0 Å². The number of para-hydroxylation sites is 2. The first-order valence-corrected chi connectivity index (χ1v) is 10.2. The van der Waals surface area contributed by atoms with Crippen molar-refractivity contribution in [3.63, 3.8) is 0 Å². The second-order valence-electron chi connectivity index (χ2n) is 6.22. The monoisotopic (exact) mass is 406 g/mol. The number of likely N-dealkylation sites (N-methyl/N-ethyl adjacent to an activating group) is 1. The number of halogens is 1. The summed E-state index contributed by atoms with van der Waals surface area (Å²) in [6, 6.07) is 11.2. The Hall–Kier alpha value is -2.94. The number of hydrogen-bond acceptors (Lipinski definition) is 5. The highest BCUT2D eigenvalue weighted by atomic mass is 32.2. The fourth-order valence-corrected chi connectivity index (χ4v) is 4.11. The van der Waals surface area contributed by atoms with Crippen molar-refractivity contribution in [2.75, 3.05) is 24.2 Å². The summed E-state index contributed by atoms with van der Waals surface area (Å²) in [6.07, 6.45) is -1.17. The molecule has 1 aliphatic heterocycles. The molecule has 0 aromatic heterocycles. The molecule has 2 amide bonds. The van der Waals surface area contributed by atoms with Crippen molar-refractivity contribution in [3.8, 4) is 5.75 Å². The van der Waals surface area contributed by atoms with Crippen LogP contribution in [0.4, 0.5) is 10.1 Å². The fourth-order valence-electron chi connectivity index (χ4n) is 2.88. The summed E-state index contributed by atoms with van der Waals surface area (Å²) < 4.78 is 43.5. The number of nitrogens with one attached hydrogen (secondary N) is 1. The van der Waals surface area contributed by atoms with Crippen LogP contribution >= 0.6 is 0 Å². The molecule has 148 valence electrons. The number of ether oxygens (including phenoxy) is 1. The number of amides is 2. The summed E-state index contributed by atoms with van der Waals surface area (Å²) in [5, 5.41) is 2.48. The van der Waals surface area contributed by atoms with Crippen LogP contribution in [0.5, 0.6) is 5.75 Å². The van der Waals surface area contributed by atoms with Gasteiger partial charge in [-0.15, -0.1) is 0 Å². The minimum absolute atomic E-state index is 0.0217. The van der Waals surface area contributed by atoms with Crippen molar-refractivity contribution in [3.05, 3.63) is 54.3 Å². The van der Waals surface area contributed by atoms with Crippen molar-refractivity contribution in [1.29, 1.82) is 0 Å². The summed E-state index contributed by atoms with van der Waals surface area (Å²) in [7, 11) is -2.28. The highest BCUT2D eigenvalue weighted by molar-refractivity contribution is 7.91. The molecule has 0 saturated heterocycles. The van der Waals surface area contributed by atoms with E-state index in [4.69, 9.17) is 4.74 Å². The molecule has 7 nitrogen and oxygen atoms in total. The van der Waals surface area contributed by atoms with Gasteiger partial charge in [-0.3, -0.25) is 9.59 Å². The van der Waals surface area contributed by atoms with E-state index in [2.05, 4.69) is 5.32 Å². The van der Waals surface area contributed by atoms with Crippen molar-refractivity contribution >= 4 is 27.3 Å². The SMILES string of the molecule is CNC(=O)[C@H]1CN(C(=O)CCS(=O)(=O)c2ccc(F)cc2)c2ccccc2O1. The van der Waals surface area contributed by atoms with Crippen LogP contribution < -0.4 is 15.0 Å². The zero-order valence-electron chi connectivity index (χ0n) is 15.1. The topological polar surface area (TPSA) is 92.8 Å². The van der Waals surface area contributed by atoms with E-state index in [9.17, 15) is 22.4 Å². The van der Waals surface area contributed by atoms with Gasteiger partial charge in [0.1, 0.15) is 11.6 Å². The Morgan fingerprint density at radius 3 is 2.54 bits per heavy atom. The van der Waals surface area contributed by atoms with E-state index < -0.39 is 33.4 Å². The highest BCUT2D eigenvalue weighted by Crippen LogP contribution is 2.33. The molecule has 1 heterocycles. The van der Waals surface area contributed by atoms with Crippen LogP contribution in [0.3, 0.4) is 0 Å². The van der Waals surface area contributed by atoms with E-state index in [-0.39, 0.29) is 23.8 Å². The van der Waals surface area contributed by atoms with Gasteiger partial charge in [0.15, 0.2) is 15.9 Å². The Morgan fingerprint density at radius 1 is 1.18 bits per heavy atom. The number of nitrogens with zero attached hydrogens (tertiary/aromatic N) is 1. The predicted molar refractivity (Wildman–Crippen MR) is 100 cm³/mol. The molecule has 0 spiro atoms. The van der Waals surface area contributed by atoms with Crippen LogP contribution in [-0.4, -0.2) is 45.7 Å². The largest absolute Gasteiger partial charge is 0.477 e. The molecule has 0 bridgehead atoms. The van der Waals surface area contributed by atoms with E-state index in [1.165, 1.54) is 24.1 Å². The summed E-state index contributed by atoms with van der Waals surface area (Å²) in [4.78, 5) is 26.0. The average Bonchev–Trinajstić information content (AvgIpc) is 2.71. The Bertz CT molecular complexity index is 992. The lowest BCUT2D eigenvalue weighted by Crippen LogP contribution is -2.50. The van der Waals surface area contributed by atoms with E-state index in [0.717, 1.165) is 12.1 Å². The van der Waals surface area contributed by atoms with Crippen LogP contribution in [0.2, 0.25) is 0 Å². The normalized spacial score (nSPS) is 16.1. The Balaban J connectivity index is 1.77. The van der Waals surface area contributed by atoms with Gasteiger partial charge in [0, 0.05) is 13.5 Å². The van der Waals surface area contributed by atoms with Crippen LogP contribution in [0.25, 0.3) is 0 Å². The lowest BCUT2D eigenvalue weighted by molar-refractivity contribution is -0.127. The van der Waals surface area contributed by atoms with Gasteiger partial charge in [-0.25, -0.2) is 12.8 Å². The van der Waals surface area contributed by atoms with Crippen molar-refractivity contribution in [1.82, 2.24) is 5.32 Å². The van der Waals surface area contributed by atoms with Crippen LogP contribution in [0, 0.1) is 5.82 Å². The summed E-state index contributed by atoms with van der Waals surface area (Å²) >= 11 is 0. The van der Waals surface area contributed by atoms with Gasteiger partial charge in [-0.05, 0) is 36.4 Å². The molecule has 0 saturated carbocycles. The molecule has 0 aliphatic carbocycles. The second-order valence-corrected chi connectivity index (χ2v) is 8.32. The van der Waals surface area contributed by atoms with Gasteiger partial charge in [-0.2, -0.15) is 0 Å². The zero-order chi connectivity index (χ0) is 20.3. The molecule has 1 N–H and O–H groups in total. The molecule has 0 unspecified atom stereocenters. The van der Waals surface area contributed by atoms with Gasteiger partial charge in [0.2, 0.25) is 5.91 Å². The molecule has 2 aromatic carbocycles. The molecule has 28 heavy (non-hydrogen) atoms. The first kappa shape index (κ1) is 19.8. The van der Waals surface area contributed by atoms with Gasteiger partial charge in [0.05, 0.1) is 22.9 Å². The standard InChI is InChI=1S/C19H19FN2O5S/c1-21-19(24)17-12-22(15-4-2-3-5-16(15)27-17)18(23)10-11-28(25,26)14-8-6-13(20)7-9-14/h2-9,17H,10-12H2,1H3,(H,21,24)/t17-/m1/s1. The number of fused-ring (bicyclic) bond motifs is 1. The lowest BCUT2D eigenvalue weighted by Gasteiger charge is -2.34. The number of carbonyl (C=O) groups excluding carboxylic acids is 2. The van der Waals surface area contributed by atoms with E-state index >= 15 is 0 Å². The summed E-state index contributed by atoms with van der Waals surface area (Å²) in [5.41, 5.74) is 0.479. The van der Waals surface area contributed by atoms with E-state index in [1.807, 2.05) is 0 Å². The van der Waals surface area contributed by atoms with Crippen LogP contribution in [0.15, 0.2) is 53.4 Å². The zero-order valence-corrected chi connectivity index (χ0v) is 15.9. The maximum atomic E-state index is 13.0. The van der Waals surface area contributed by atoms with Gasteiger partial charge in [-0.1, -0.05) is 12.1 Å². The number of sulfone groups is 1. The second kappa shape index (κ2) is 7.97. The Morgan fingerprint density at radius 2 is 1.86 bits per heavy atom. The minimum Gasteiger partial charge on any atom is -0.477 e. The highest BCUT2D eigenvalue weighted by Gasteiger charge is 2.33. The third-order valence-electron chi connectivity index (χ3n) is 4.37.